The lowest BCUT2D eigenvalue weighted by Gasteiger charge is -2.23. The number of nitrogens with zero attached hydrogens (tertiary/aromatic N) is 1. The summed E-state index contributed by atoms with van der Waals surface area (Å²) in [6.45, 7) is 1.52. The third-order valence-electron chi connectivity index (χ3n) is 2.62. The first-order chi connectivity index (χ1) is 8.23. The normalized spacial score (nSPS) is 13.9. The Kier molecular flexibility index (Phi) is 4.36. The van der Waals surface area contributed by atoms with Crippen molar-refractivity contribution in [3.8, 4) is 0 Å². The van der Waals surface area contributed by atoms with Crippen molar-refractivity contribution in [2.75, 3.05) is 13.6 Å². The predicted octanol–water partition coefficient (Wildman–Crippen LogP) is 1.07. The Morgan fingerprint density at radius 3 is 2.33 bits per heavy atom. The number of likely N-dealkylation sites (N-methyl/N-ethyl adjacent to an activating group) is 1. The highest BCUT2D eigenvalue weighted by Crippen LogP contribution is 2.23. The smallest absolute Gasteiger partial charge is 0.246 e. The molecule has 1 rings (SSSR count). The van der Waals surface area contributed by atoms with Crippen molar-refractivity contribution in [2.24, 2.45) is 5.73 Å². The van der Waals surface area contributed by atoms with Gasteiger partial charge in [0.15, 0.2) is 17.5 Å². The van der Waals surface area contributed by atoms with Crippen LogP contribution in [-0.2, 0) is 10.0 Å². The van der Waals surface area contributed by atoms with Crippen molar-refractivity contribution in [1.29, 1.82) is 0 Å². The maximum Gasteiger partial charge on any atom is 0.246 e. The number of sulfonamides is 1. The molecule has 0 fully saturated rings. The second kappa shape index (κ2) is 5.25. The minimum atomic E-state index is -4.25. The molecule has 8 heteroatoms. The Morgan fingerprint density at radius 2 is 1.83 bits per heavy atom. The van der Waals surface area contributed by atoms with Gasteiger partial charge in [-0.25, -0.2) is 21.6 Å². The number of nitrogens with two attached hydrogens (primary N) is 1. The number of hydrogen-bond donors (Lipinski definition) is 1. The number of halogens is 3. The van der Waals surface area contributed by atoms with E-state index >= 15 is 0 Å². The van der Waals surface area contributed by atoms with Gasteiger partial charge < -0.3 is 5.73 Å². The average Bonchev–Trinajstić information content (AvgIpc) is 2.33. The molecule has 18 heavy (non-hydrogen) atoms. The van der Waals surface area contributed by atoms with Crippen molar-refractivity contribution in [2.45, 2.75) is 17.9 Å². The Bertz CT molecular complexity index is 548. The molecule has 4 nitrogen and oxygen atoms in total. The highest BCUT2D eigenvalue weighted by atomic mass is 32.2. The van der Waals surface area contributed by atoms with E-state index in [9.17, 15) is 21.6 Å². The highest BCUT2D eigenvalue weighted by molar-refractivity contribution is 7.89. The van der Waals surface area contributed by atoms with Crippen LogP contribution in [0.15, 0.2) is 17.0 Å². The Balaban J connectivity index is 3.34. The molecular formula is C10H13F3N2O2S. The van der Waals surface area contributed by atoms with Gasteiger partial charge in [-0.3, -0.25) is 0 Å². The molecule has 0 radical (unpaired) electrons. The van der Waals surface area contributed by atoms with Crippen molar-refractivity contribution in [1.82, 2.24) is 4.31 Å². The molecule has 1 aromatic rings. The Labute approximate surface area is 103 Å². The molecule has 0 spiro atoms. The topological polar surface area (TPSA) is 63.4 Å². The molecule has 1 atom stereocenters. The molecule has 0 aromatic heterocycles. The summed E-state index contributed by atoms with van der Waals surface area (Å²) in [5, 5.41) is 0. The third-order valence-corrected chi connectivity index (χ3v) is 4.61. The molecule has 0 amide bonds. The number of hydrogen-bond acceptors (Lipinski definition) is 3. The van der Waals surface area contributed by atoms with Crippen LogP contribution in [-0.4, -0.2) is 32.4 Å². The fourth-order valence-electron chi connectivity index (χ4n) is 1.25. The molecule has 0 aliphatic rings. The summed E-state index contributed by atoms with van der Waals surface area (Å²) in [5.41, 5.74) is 5.31. The first-order valence-electron chi connectivity index (χ1n) is 5.05. The summed E-state index contributed by atoms with van der Waals surface area (Å²) in [6.07, 6.45) is 0. The molecule has 0 bridgehead atoms. The van der Waals surface area contributed by atoms with Gasteiger partial charge in [0.05, 0.1) is 0 Å². The van der Waals surface area contributed by atoms with Crippen molar-refractivity contribution >= 4 is 10.0 Å². The molecule has 1 unspecified atom stereocenters. The lowest BCUT2D eigenvalue weighted by atomic mass is 10.3. The molecule has 1 aromatic carbocycles. The third kappa shape index (κ3) is 2.50. The molecule has 0 aliphatic heterocycles. The molecular weight excluding hydrogens is 269 g/mol. The highest BCUT2D eigenvalue weighted by Gasteiger charge is 2.29. The monoisotopic (exact) mass is 282 g/mol. The van der Waals surface area contributed by atoms with E-state index in [0.717, 1.165) is 4.31 Å². The molecule has 0 heterocycles. The fourth-order valence-corrected chi connectivity index (χ4v) is 2.67. The van der Waals surface area contributed by atoms with Crippen LogP contribution in [0.4, 0.5) is 13.2 Å². The average molecular weight is 282 g/mol. The summed E-state index contributed by atoms with van der Waals surface area (Å²) in [7, 11) is -3.06. The van der Waals surface area contributed by atoms with E-state index in [4.69, 9.17) is 5.73 Å². The molecule has 0 saturated carbocycles. The van der Waals surface area contributed by atoms with Crippen LogP contribution in [0.3, 0.4) is 0 Å². The van der Waals surface area contributed by atoms with Crippen LogP contribution in [0.2, 0.25) is 0 Å². The SMILES string of the molecule is CC(CN)N(C)S(=O)(=O)c1ccc(F)c(F)c1F. The van der Waals surface area contributed by atoms with Crippen LogP contribution in [0.5, 0.6) is 0 Å². The van der Waals surface area contributed by atoms with E-state index in [1.165, 1.54) is 14.0 Å². The van der Waals surface area contributed by atoms with Gasteiger partial charge in [-0.2, -0.15) is 4.31 Å². The Morgan fingerprint density at radius 1 is 1.28 bits per heavy atom. The van der Waals surface area contributed by atoms with E-state index in [0.29, 0.717) is 12.1 Å². The van der Waals surface area contributed by atoms with E-state index in [-0.39, 0.29) is 6.54 Å². The summed E-state index contributed by atoms with van der Waals surface area (Å²) >= 11 is 0. The van der Waals surface area contributed by atoms with Crippen LogP contribution in [0.1, 0.15) is 6.92 Å². The van der Waals surface area contributed by atoms with Crippen molar-refractivity contribution < 1.29 is 21.6 Å². The lowest BCUT2D eigenvalue weighted by Crippen LogP contribution is -2.40. The van der Waals surface area contributed by atoms with E-state index in [1.807, 2.05) is 0 Å². The zero-order valence-corrected chi connectivity index (χ0v) is 10.6. The molecule has 0 aliphatic carbocycles. The minimum Gasteiger partial charge on any atom is -0.329 e. The van der Waals surface area contributed by atoms with Gasteiger partial charge in [-0.1, -0.05) is 0 Å². The zero-order valence-electron chi connectivity index (χ0n) is 9.82. The number of rotatable bonds is 4. The largest absolute Gasteiger partial charge is 0.329 e. The van der Waals surface area contributed by atoms with Gasteiger partial charge >= 0.3 is 0 Å². The zero-order chi connectivity index (χ0) is 14.1. The molecule has 0 saturated heterocycles. The van der Waals surface area contributed by atoms with Crippen LogP contribution in [0, 0.1) is 17.5 Å². The summed E-state index contributed by atoms with van der Waals surface area (Å²) in [4.78, 5) is -0.913. The van der Waals surface area contributed by atoms with E-state index in [1.54, 1.807) is 0 Å². The maximum absolute atomic E-state index is 13.4. The lowest BCUT2D eigenvalue weighted by molar-refractivity contribution is 0.385. The second-order valence-electron chi connectivity index (χ2n) is 3.78. The van der Waals surface area contributed by atoms with E-state index < -0.39 is 38.4 Å². The quantitative estimate of drug-likeness (QED) is 0.840. The minimum absolute atomic E-state index is 0.0149. The first kappa shape index (κ1) is 14.9. The van der Waals surface area contributed by atoms with Gasteiger partial charge in [-0.15, -0.1) is 0 Å². The standard InChI is InChI=1S/C10H13F3N2O2S/c1-6(5-14)15(2)18(16,17)8-4-3-7(11)9(12)10(8)13/h3-4,6H,5,14H2,1-2H3. The number of benzene rings is 1. The Hall–Kier alpha value is -1.12. The fraction of sp³-hybridized carbons (Fsp3) is 0.400. The molecule has 102 valence electrons. The van der Waals surface area contributed by atoms with Gasteiger partial charge in [-0.05, 0) is 19.1 Å². The van der Waals surface area contributed by atoms with Crippen LogP contribution < -0.4 is 5.73 Å². The van der Waals surface area contributed by atoms with Gasteiger partial charge in [0.2, 0.25) is 10.0 Å². The van der Waals surface area contributed by atoms with Gasteiger partial charge in [0.25, 0.3) is 0 Å². The maximum atomic E-state index is 13.4. The van der Waals surface area contributed by atoms with Crippen LogP contribution in [0.25, 0.3) is 0 Å². The second-order valence-corrected chi connectivity index (χ2v) is 5.75. The van der Waals surface area contributed by atoms with E-state index in [2.05, 4.69) is 0 Å². The van der Waals surface area contributed by atoms with Crippen molar-refractivity contribution in [3.05, 3.63) is 29.6 Å². The summed E-state index contributed by atoms with van der Waals surface area (Å²) in [5.74, 6) is -4.99. The molecule has 2 N–H and O–H groups in total. The summed E-state index contributed by atoms with van der Waals surface area (Å²) in [6, 6.07) is 0.650. The van der Waals surface area contributed by atoms with Gasteiger partial charge in [0, 0.05) is 19.6 Å². The van der Waals surface area contributed by atoms with Crippen molar-refractivity contribution in [3.63, 3.8) is 0 Å². The summed E-state index contributed by atoms with van der Waals surface area (Å²) < 4.78 is 63.9. The predicted molar refractivity (Wildman–Crippen MR) is 59.8 cm³/mol. The first-order valence-corrected chi connectivity index (χ1v) is 6.49. The van der Waals surface area contributed by atoms with Crippen LogP contribution >= 0.6 is 0 Å². The van der Waals surface area contributed by atoms with Gasteiger partial charge in [0.1, 0.15) is 4.90 Å².